The van der Waals surface area contributed by atoms with Crippen LogP contribution >= 0.6 is 0 Å². The second-order valence-corrected chi connectivity index (χ2v) is 7.74. The summed E-state index contributed by atoms with van der Waals surface area (Å²) in [4.78, 5) is 10.6. The zero-order valence-electron chi connectivity index (χ0n) is 16.7. The largest absolute Gasteiger partial charge is 0.493 e. The van der Waals surface area contributed by atoms with Crippen molar-refractivity contribution < 1.29 is 19.4 Å². The molecule has 0 amide bonds. The first-order chi connectivity index (χ1) is 14.1. The van der Waals surface area contributed by atoms with Crippen molar-refractivity contribution in [2.24, 2.45) is 11.8 Å². The Morgan fingerprint density at radius 1 is 0.931 bits per heavy atom. The maximum atomic E-state index is 10.6. The number of aryl methyl sites for hydroxylation is 1. The van der Waals surface area contributed by atoms with Crippen molar-refractivity contribution in [1.82, 2.24) is 0 Å². The van der Waals surface area contributed by atoms with Gasteiger partial charge >= 0.3 is 5.97 Å². The average Bonchev–Trinajstić information content (AvgIpc) is 2.76. The molecule has 0 atom stereocenters. The highest BCUT2D eigenvalue weighted by Gasteiger charge is 2.22. The van der Waals surface area contributed by atoms with Gasteiger partial charge in [-0.1, -0.05) is 30.3 Å². The molecule has 1 aliphatic rings. The number of carboxylic acid groups (broad SMARTS) is 1. The fraction of sp³-hybridized carbons (Fsp3) is 0.417. The van der Waals surface area contributed by atoms with Crippen LogP contribution in [-0.4, -0.2) is 30.2 Å². The van der Waals surface area contributed by atoms with Crippen LogP contribution in [0.2, 0.25) is 0 Å². The van der Waals surface area contributed by atoms with Crippen molar-refractivity contribution >= 4 is 11.9 Å². The minimum absolute atomic E-state index is 0.151. The summed E-state index contributed by atoms with van der Waals surface area (Å²) in [6.07, 6.45) is 5.13. The van der Waals surface area contributed by atoms with Crippen molar-refractivity contribution in [3.8, 4) is 5.75 Å². The minimum Gasteiger partial charge on any atom is -0.493 e. The van der Waals surface area contributed by atoms with Crippen molar-refractivity contribution in [1.29, 1.82) is 5.41 Å². The highest BCUT2D eigenvalue weighted by Crippen LogP contribution is 2.30. The van der Waals surface area contributed by atoms with Crippen molar-refractivity contribution in [3.05, 3.63) is 65.7 Å². The van der Waals surface area contributed by atoms with E-state index >= 15 is 0 Å². The number of carbonyl (C=O) groups is 1. The Kier molecular flexibility index (Phi) is 7.68. The molecule has 3 rings (SSSR count). The first-order valence-corrected chi connectivity index (χ1v) is 10.3. The van der Waals surface area contributed by atoms with E-state index < -0.39 is 5.97 Å². The lowest BCUT2D eigenvalue weighted by Gasteiger charge is -2.28. The van der Waals surface area contributed by atoms with Gasteiger partial charge in [-0.3, -0.25) is 10.2 Å². The quantitative estimate of drug-likeness (QED) is 0.466. The molecule has 0 spiro atoms. The fourth-order valence-corrected chi connectivity index (χ4v) is 3.66. The monoisotopic (exact) mass is 395 g/mol. The summed E-state index contributed by atoms with van der Waals surface area (Å²) in [6.45, 7) is 1.32. The van der Waals surface area contributed by atoms with E-state index in [0.29, 0.717) is 31.5 Å². The zero-order valence-corrected chi connectivity index (χ0v) is 16.7. The molecule has 5 nitrogen and oxygen atoms in total. The maximum absolute atomic E-state index is 10.6. The summed E-state index contributed by atoms with van der Waals surface area (Å²) in [7, 11) is 0. The van der Waals surface area contributed by atoms with Gasteiger partial charge in [0.25, 0.3) is 0 Å². The van der Waals surface area contributed by atoms with E-state index in [-0.39, 0.29) is 12.3 Å². The highest BCUT2D eigenvalue weighted by molar-refractivity contribution is 5.91. The number of aliphatic carboxylic acids is 1. The molecule has 0 heterocycles. The minimum atomic E-state index is -0.775. The second-order valence-electron chi connectivity index (χ2n) is 7.74. The molecule has 1 saturated carbocycles. The smallest absolute Gasteiger partial charge is 0.303 e. The molecule has 2 N–H and O–H groups in total. The summed E-state index contributed by atoms with van der Waals surface area (Å²) < 4.78 is 11.6. The van der Waals surface area contributed by atoms with E-state index in [1.165, 1.54) is 0 Å². The fourth-order valence-electron chi connectivity index (χ4n) is 3.66. The van der Waals surface area contributed by atoms with Gasteiger partial charge in [-0.2, -0.15) is 0 Å². The van der Waals surface area contributed by atoms with Gasteiger partial charge in [0.05, 0.1) is 13.2 Å². The highest BCUT2D eigenvalue weighted by atomic mass is 16.5. The molecule has 2 aromatic rings. The van der Waals surface area contributed by atoms with Crippen LogP contribution < -0.4 is 4.74 Å². The Labute approximate surface area is 172 Å². The van der Waals surface area contributed by atoms with Gasteiger partial charge in [-0.05, 0) is 73.8 Å². The predicted molar refractivity (Wildman–Crippen MR) is 113 cm³/mol. The van der Waals surface area contributed by atoms with Gasteiger partial charge in [0.2, 0.25) is 5.90 Å². The number of benzene rings is 2. The third-order valence-corrected chi connectivity index (χ3v) is 5.50. The van der Waals surface area contributed by atoms with Crippen LogP contribution in [0.15, 0.2) is 54.6 Å². The summed E-state index contributed by atoms with van der Waals surface area (Å²) in [6, 6.07) is 17.3. The molecule has 154 valence electrons. The van der Waals surface area contributed by atoms with Crippen molar-refractivity contribution in [2.75, 3.05) is 13.2 Å². The number of ether oxygens (including phenoxy) is 2. The molecular weight excluding hydrogens is 366 g/mol. The molecule has 29 heavy (non-hydrogen) atoms. The molecule has 1 fully saturated rings. The Morgan fingerprint density at radius 3 is 2.17 bits per heavy atom. The standard InChI is InChI=1S/C24H29NO4/c25-24(21-4-2-1-3-5-21)29-17-20-8-6-19(7-9-20)16-28-22-13-10-18(11-14-22)12-15-23(26)27/h1-5,10-11,13-14,19-20,25H,6-9,12,15-17H2,(H,26,27). The van der Waals surface area contributed by atoms with Crippen LogP contribution in [-0.2, 0) is 16.0 Å². The van der Waals surface area contributed by atoms with Gasteiger partial charge in [0.1, 0.15) is 5.75 Å². The molecule has 0 radical (unpaired) electrons. The van der Waals surface area contributed by atoms with Crippen LogP contribution in [0.1, 0.15) is 43.2 Å². The lowest BCUT2D eigenvalue weighted by molar-refractivity contribution is -0.136. The number of nitrogens with one attached hydrogen (secondary N) is 1. The van der Waals surface area contributed by atoms with Gasteiger partial charge in [0.15, 0.2) is 0 Å². The van der Waals surface area contributed by atoms with Gasteiger partial charge < -0.3 is 14.6 Å². The lowest BCUT2D eigenvalue weighted by Crippen LogP contribution is -2.23. The zero-order chi connectivity index (χ0) is 20.5. The Morgan fingerprint density at radius 2 is 1.55 bits per heavy atom. The number of hydrogen-bond acceptors (Lipinski definition) is 4. The molecule has 0 saturated heterocycles. The molecule has 0 bridgehead atoms. The van der Waals surface area contributed by atoms with E-state index in [0.717, 1.165) is 42.6 Å². The number of rotatable bonds is 9. The molecule has 0 aliphatic heterocycles. The summed E-state index contributed by atoms with van der Waals surface area (Å²) in [5.41, 5.74) is 1.84. The van der Waals surface area contributed by atoms with Crippen molar-refractivity contribution in [2.45, 2.75) is 38.5 Å². The first kappa shape index (κ1) is 20.9. The third kappa shape index (κ3) is 6.93. The van der Waals surface area contributed by atoms with Crippen LogP contribution in [0, 0.1) is 17.2 Å². The summed E-state index contributed by atoms with van der Waals surface area (Å²) in [5.74, 6) is 1.37. The van der Waals surface area contributed by atoms with Crippen molar-refractivity contribution in [3.63, 3.8) is 0 Å². The van der Waals surface area contributed by atoms with E-state index in [2.05, 4.69) is 0 Å². The van der Waals surface area contributed by atoms with E-state index in [4.69, 9.17) is 20.0 Å². The number of carboxylic acids is 1. The molecule has 0 unspecified atom stereocenters. The third-order valence-electron chi connectivity index (χ3n) is 5.50. The Balaban J connectivity index is 1.33. The maximum Gasteiger partial charge on any atom is 0.303 e. The van der Waals surface area contributed by atoms with E-state index in [9.17, 15) is 4.79 Å². The number of hydrogen-bond donors (Lipinski definition) is 2. The normalized spacial score (nSPS) is 18.8. The molecule has 2 aromatic carbocycles. The van der Waals surface area contributed by atoms with Gasteiger partial charge in [-0.15, -0.1) is 0 Å². The van der Waals surface area contributed by atoms with Crippen LogP contribution in [0.25, 0.3) is 0 Å². The summed E-state index contributed by atoms with van der Waals surface area (Å²) in [5, 5.41) is 16.8. The molecule has 1 aliphatic carbocycles. The summed E-state index contributed by atoms with van der Waals surface area (Å²) >= 11 is 0. The average molecular weight is 395 g/mol. The molecular formula is C24H29NO4. The topological polar surface area (TPSA) is 79.6 Å². The Hall–Kier alpha value is -2.82. The van der Waals surface area contributed by atoms with Gasteiger partial charge in [0, 0.05) is 12.0 Å². The van der Waals surface area contributed by atoms with Crippen LogP contribution in [0.4, 0.5) is 0 Å². The molecule has 5 heteroatoms. The Bertz CT molecular complexity index is 780. The SMILES string of the molecule is N=C(OCC1CCC(COc2ccc(CCC(=O)O)cc2)CC1)c1ccccc1. The van der Waals surface area contributed by atoms with E-state index in [1.54, 1.807) is 0 Å². The van der Waals surface area contributed by atoms with Crippen LogP contribution in [0.3, 0.4) is 0 Å². The van der Waals surface area contributed by atoms with Crippen LogP contribution in [0.5, 0.6) is 5.75 Å². The van der Waals surface area contributed by atoms with E-state index in [1.807, 2.05) is 54.6 Å². The predicted octanol–water partition coefficient (Wildman–Crippen LogP) is 4.93. The van der Waals surface area contributed by atoms with Gasteiger partial charge in [-0.25, -0.2) is 0 Å². The second kappa shape index (κ2) is 10.6. The first-order valence-electron chi connectivity index (χ1n) is 10.3. The molecule has 0 aromatic heterocycles. The lowest BCUT2D eigenvalue weighted by atomic mass is 9.83.